The quantitative estimate of drug-likeness (QED) is 0.611. The molecule has 0 saturated carbocycles. The van der Waals surface area contributed by atoms with E-state index in [2.05, 4.69) is 33.0 Å². The highest BCUT2D eigenvalue weighted by molar-refractivity contribution is 5.45. The second-order valence-electron chi connectivity index (χ2n) is 5.75. The minimum absolute atomic E-state index is 0.0307. The molecule has 4 nitrogen and oxygen atoms in total. The molecule has 0 aliphatic heterocycles. The van der Waals surface area contributed by atoms with Crippen molar-refractivity contribution < 1.29 is 14.3 Å². The van der Waals surface area contributed by atoms with Crippen molar-refractivity contribution in [3.8, 4) is 0 Å². The number of methoxy groups -OCH3 is 1. The molecule has 1 amide bonds. The monoisotopic (exact) mass is 231 g/mol. The summed E-state index contributed by atoms with van der Waals surface area (Å²) in [5.41, 5.74) is -0.00696. The number of ether oxygens (including phenoxy) is 2. The molecular formula is C12H25NO3. The van der Waals surface area contributed by atoms with Crippen LogP contribution in [0.5, 0.6) is 0 Å². The Bertz CT molecular complexity index is 202. The van der Waals surface area contributed by atoms with Crippen LogP contribution >= 0.6 is 0 Å². The van der Waals surface area contributed by atoms with Crippen molar-refractivity contribution in [3.63, 3.8) is 0 Å². The van der Waals surface area contributed by atoms with Gasteiger partial charge in [0.15, 0.2) is 0 Å². The smallest absolute Gasteiger partial charge is 0.207 e. The Morgan fingerprint density at radius 2 is 1.62 bits per heavy atom. The van der Waals surface area contributed by atoms with E-state index >= 15 is 0 Å². The standard InChI is InChI=1S/C12H25NO3/c1-11(2,6-13-10-14)8-16-9-12(3,4)7-15-5/h10H,6-9H2,1-5H3,(H,13,14). The van der Waals surface area contributed by atoms with Gasteiger partial charge in [-0.1, -0.05) is 27.7 Å². The summed E-state index contributed by atoms with van der Waals surface area (Å²) in [4.78, 5) is 10.2. The van der Waals surface area contributed by atoms with Gasteiger partial charge in [0.05, 0.1) is 19.8 Å². The van der Waals surface area contributed by atoms with Crippen LogP contribution in [0.3, 0.4) is 0 Å². The van der Waals surface area contributed by atoms with Gasteiger partial charge in [0.1, 0.15) is 0 Å². The number of hydrogen-bond donors (Lipinski definition) is 1. The molecule has 0 aromatic carbocycles. The lowest BCUT2D eigenvalue weighted by molar-refractivity contribution is -0.110. The average Bonchev–Trinajstić information content (AvgIpc) is 2.14. The number of amides is 1. The fraction of sp³-hybridized carbons (Fsp3) is 0.917. The van der Waals surface area contributed by atoms with E-state index in [1.165, 1.54) is 0 Å². The summed E-state index contributed by atoms with van der Waals surface area (Å²) in [5.74, 6) is 0. The molecule has 0 unspecified atom stereocenters. The summed E-state index contributed by atoms with van der Waals surface area (Å²) < 4.78 is 10.8. The molecule has 0 aliphatic rings. The summed E-state index contributed by atoms with van der Waals surface area (Å²) in [6.07, 6.45) is 0.719. The van der Waals surface area contributed by atoms with Crippen molar-refractivity contribution in [2.75, 3.05) is 33.5 Å². The Balaban J connectivity index is 3.82. The topological polar surface area (TPSA) is 47.6 Å². The van der Waals surface area contributed by atoms with Crippen molar-refractivity contribution in [2.45, 2.75) is 27.7 Å². The van der Waals surface area contributed by atoms with Crippen LogP contribution in [0.1, 0.15) is 27.7 Å². The fourth-order valence-corrected chi connectivity index (χ4v) is 1.41. The first-order chi connectivity index (χ1) is 7.33. The SMILES string of the molecule is COCC(C)(C)COCC(C)(C)CNC=O. The van der Waals surface area contributed by atoms with Gasteiger partial charge in [-0.15, -0.1) is 0 Å². The first kappa shape index (κ1) is 15.4. The molecule has 0 atom stereocenters. The third-order valence-corrected chi connectivity index (χ3v) is 2.18. The van der Waals surface area contributed by atoms with Gasteiger partial charge in [0.25, 0.3) is 0 Å². The Labute approximate surface area is 98.7 Å². The van der Waals surface area contributed by atoms with Gasteiger partial charge in [0.2, 0.25) is 6.41 Å². The molecular weight excluding hydrogens is 206 g/mol. The Kier molecular flexibility index (Phi) is 6.60. The molecule has 0 aliphatic carbocycles. The summed E-state index contributed by atoms with van der Waals surface area (Å²) in [7, 11) is 1.69. The third kappa shape index (κ3) is 7.65. The van der Waals surface area contributed by atoms with Crippen LogP contribution < -0.4 is 5.32 Å². The highest BCUT2D eigenvalue weighted by Crippen LogP contribution is 2.19. The number of carbonyl (C=O) groups is 1. The van der Waals surface area contributed by atoms with E-state index < -0.39 is 0 Å². The van der Waals surface area contributed by atoms with Crippen LogP contribution in [0.25, 0.3) is 0 Å². The van der Waals surface area contributed by atoms with Gasteiger partial charge in [0, 0.05) is 24.5 Å². The molecule has 0 fully saturated rings. The maximum absolute atomic E-state index is 10.2. The molecule has 4 heteroatoms. The van der Waals surface area contributed by atoms with Crippen LogP contribution in [-0.2, 0) is 14.3 Å². The number of carbonyl (C=O) groups excluding carboxylic acids is 1. The highest BCUT2D eigenvalue weighted by atomic mass is 16.5. The summed E-state index contributed by atoms with van der Waals surface area (Å²) >= 11 is 0. The molecule has 0 spiro atoms. The van der Waals surface area contributed by atoms with Crippen LogP contribution in [0.15, 0.2) is 0 Å². The Hall–Kier alpha value is -0.610. The van der Waals surface area contributed by atoms with Crippen LogP contribution in [-0.4, -0.2) is 39.9 Å². The molecule has 0 heterocycles. The second kappa shape index (κ2) is 6.86. The van der Waals surface area contributed by atoms with Gasteiger partial charge >= 0.3 is 0 Å². The van der Waals surface area contributed by atoms with E-state index in [-0.39, 0.29) is 10.8 Å². The normalized spacial score (nSPS) is 12.6. The Morgan fingerprint density at radius 1 is 1.06 bits per heavy atom. The van der Waals surface area contributed by atoms with Crippen molar-refractivity contribution >= 4 is 6.41 Å². The van der Waals surface area contributed by atoms with Crippen LogP contribution in [0.4, 0.5) is 0 Å². The van der Waals surface area contributed by atoms with Gasteiger partial charge in [-0.25, -0.2) is 0 Å². The van der Waals surface area contributed by atoms with Crippen LogP contribution in [0, 0.1) is 10.8 Å². The number of hydrogen-bond acceptors (Lipinski definition) is 3. The predicted octanol–water partition coefficient (Wildman–Crippen LogP) is 1.45. The first-order valence-electron chi connectivity index (χ1n) is 5.57. The second-order valence-corrected chi connectivity index (χ2v) is 5.75. The van der Waals surface area contributed by atoms with E-state index in [0.717, 1.165) is 6.41 Å². The molecule has 0 rings (SSSR count). The van der Waals surface area contributed by atoms with Crippen molar-refractivity contribution in [1.29, 1.82) is 0 Å². The van der Waals surface area contributed by atoms with E-state index in [9.17, 15) is 4.79 Å². The van der Waals surface area contributed by atoms with Gasteiger partial charge in [-0.05, 0) is 0 Å². The van der Waals surface area contributed by atoms with Crippen molar-refractivity contribution in [1.82, 2.24) is 5.32 Å². The molecule has 96 valence electrons. The zero-order valence-corrected chi connectivity index (χ0v) is 11.1. The molecule has 0 bridgehead atoms. The van der Waals surface area contributed by atoms with E-state index in [1.54, 1.807) is 7.11 Å². The minimum Gasteiger partial charge on any atom is -0.384 e. The van der Waals surface area contributed by atoms with Crippen LogP contribution in [0.2, 0.25) is 0 Å². The summed E-state index contributed by atoms with van der Waals surface area (Å²) in [6.45, 7) is 10.9. The van der Waals surface area contributed by atoms with E-state index in [4.69, 9.17) is 9.47 Å². The molecule has 16 heavy (non-hydrogen) atoms. The maximum Gasteiger partial charge on any atom is 0.207 e. The lowest BCUT2D eigenvalue weighted by atomic mass is 9.93. The van der Waals surface area contributed by atoms with Gasteiger partial charge in [-0.2, -0.15) is 0 Å². The molecule has 1 N–H and O–H groups in total. The van der Waals surface area contributed by atoms with Gasteiger partial charge < -0.3 is 14.8 Å². The molecule has 0 saturated heterocycles. The first-order valence-corrected chi connectivity index (χ1v) is 5.57. The zero-order chi connectivity index (χ0) is 12.7. The number of nitrogens with one attached hydrogen (secondary N) is 1. The Morgan fingerprint density at radius 3 is 2.12 bits per heavy atom. The van der Waals surface area contributed by atoms with Crippen molar-refractivity contribution in [3.05, 3.63) is 0 Å². The van der Waals surface area contributed by atoms with Crippen molar-refractivity contribution in [2.24, 2.45) is 10.8 Å². The predicted molar refractivity (Wildman–Crippen MR) is 64.3 cm³/mol. The summed E-state index contributed by atoms with van der Waals surface area (Å²) in [6, 6.07) is 0. The molecule has 0 aromatic rings. The lowest BCUT2D eigenvalue weighted by Gasteiger charge is -2.28. The van der Waals surface area contributed by atoms with Gasteiger partial charge in [-0.3, -0.25) is 4.79 Å². The maximum atomic E-state index is 10.2. The fourth-order valence-electron chi connectivity index (χ4n) is 1.41. The average molecular weight is 231 g/mol. The molecule has 0 radical (unpaired) electrons. The molecule has 0 aromatic heterocycles. The largest absolute Gasteiger partial charge is 0.384 e. The van der Waals surface area contributed by atoms with E-state index in [0.29, 0.717) is 26.4 Å². The minimum atomic E-state index is -0.0376. The lowest BCUT2D eigenvalue weighted by Crippen LogP contribution is -2.34. The van der Waals surface area contributed by atoms with E-state index in [1.807, 2.05) is 0 Å². The third-order valence-electron chi connectivity index (χ3n) is 2.18. The zero-order valence-electron chi connectivity index (χ0n) is 11.1. The summed E-state index contributed by atoms with van der Waals surface area (Å²) in [5, 5.41) is 2.68. The number of rotatable bonds is 9. The highest BCUT2D eigenvalue weighted by Gasteiger charge is 2.22.